The van der Waals surface area contributed by atoms with Crippen LogP contribution in [0.5, 0.6) is 5.75 Å². The van der Waals surface area contributed by atoms with Gasteiger partial charge in [-0.3, -0.25) is 19.6 Å². The molecule has 0 aliphatic carbocycles. The summed E-state index contributed by atoms with van der Waals surface area (Å²) >= 11 is 0. The number of esters is 1. The number of hydrogen-bond acceptors (Lipinski definition) is 7. The van der Waals surface area contributed by atoms with Crippen LogP contribution in [0.25, 0.3) is 0 Å². The summed E-state index contributed by atoms with van der Waals surface area (Å²) < 4.78 is 10.4. The molecule has 3 rings (SSSR count). The first kappa shape index (κ1) is 20.4. The van der Waals surface area contributed by atoms with Gasteiger partial charge in [-0.25, -0.2) is 9.59 Å². The molecule has 0 saturated carbocycles. The Morgan fingerprint density at radius 1 is 0.967 bits per heavy atom. The number of anilines is 2. The van der Waals surface area contributed by atoms with Crippen molar-refractivity contribution >= 4 is 23.3 Å². The van der Waals surface area contributed by atoms with E-state index in [-0.39, 0.29) is 0 Å². The molecule has 0 aliphatic rings. The molecular weight excluding hydrogens is 392 g/mol. The summed E-state index contributed by atoms with van der Waals surface area (Å²) in [5.74, 6) is -1.10. The van der Waals surface area contributed by atoms with E-state index >= 15 is 0 Å². The van der Waals surface area contributed by atoms with Crippen molar-refractivity contribution in [2.24, 2.45) is 0 Å². The molecule has 3 aromatic rings. The SMILES string of the molecule is Nc1c(C(=O)OCC(=O)Nc2ccc(OCc3ccccc3)cc2)[nH]c(=O)[nH]c1=O. The lowest BCUT2D eigenvalue weighted by Crippen LogP contribution is -2.30. The van der Waals surface area contributed by atoms with Crippen molar-refractivity contribution in [3.05, 3.63) is 86.7 Å². The van der Waals surface area contributed by atoms with Gasteiger partial charge in [0.1, 0.15) is 18.0 Å². The minimum absolute atomic E-state index is 0.413. The summed E-state index contributed by atoms with van der Waals surface area (Å²) in [6, 6.07) is 16.3. The van der Waals surface area contributed by atoms with E-state index in [1.165, 1.54) is 0 Å². The Kier molecular flexibility index (Phi) is 6.28. The van der Waals surface area contributed by atoms with Gasteiger partial charge in [0.2, 0.25) is 0 Å². The molecule has 10 heteroatoms. The maximum atomic E-state index is 12.0. The molecule has 154 valence electrons. The Morgan fingerprint density at radius 2 is 1.67 bits per heavy atom. The van der Waals surface area contributed by atoms with Gasteiger partial charge in [-0.15, -0.1) is 0 Å². The van der Waals surface area contributed by atoms with Crippen LogP contribution in [0.2, 0.25) is 0 Å². The molecule has 0 aliphatic heterocycles. The number of aromatic nitrogens is 2. The van der Waals surface area contributed by atoms with E-state index in [0.717, 1.165) is 5.56 Å². The molecular formula is C20H18N4O6. The number of rotatable bonds is 7. The molecule has 0 spiro atoms. The number of hydrogen-bond donors (Lipinski definition) is 4. The predicted molar refractivity (Wildman–Crippen MR) is 108 cm³/mol. The predicted octanol–water partition coefficient (Wildman–Crippen LogP) is 1.02. The lowest BCUT2D eigenvalue weighted by Gasteiger charge is -2.09. The summed E-state index contributed by atoms with van der Waals surface area (Å²) in [5.41, 5.74) is 4.05. The first-order valence-electron chi connectivity index (χ1n) is 8.78. The molecule has 0 unspecified atom stereocenters. The minimum Gasteiger partial charge on any atom is -0.489 e. The van der Waals surface area contributed by atoms with E-state index in [4.69, 9.17) is 15.2 Å². The highest BCUT2D eigenvalue weighted by Crippen LogP contribution is 2.17. The number of nitrogen functional groups attached to an aromatic ring is 1. The minimum atomic E-state index is -1.10. The normalized spacial score (nSPS) is 10.3. The van der Waals surface area contributed by atoms with E-state index < -0.39 is 41.1 Å². The molecule has 30 heavy (non-hydrogen) atoms. The molecule has 1 heterocycles. The monoisotopic (exact) mass is 410 g/mol. The van der Waals surface area contributed by atoms with Crippen LogP contribution in [-0.2, 0) is 16.1 Å². The van der Waals surface area contributed by atoms with Crippen molar-refractivity contribution in [2.45, 2.75) is 6.61 Å². The van der Waals surface area contributed by atoms with Gasteiger partial charge >= 0.3 is 11.7 Å². The quantitative estimate of drug-likeness (QED) is 0.424. The third kappa shape index (κ3) is 5.35. The Bertz CT molecular complexity index is 1150. The van der Waals surface area contributed by atoms with Crippen LogP contribution in [0, 0.1) is 0 Å². The maximum Gasteiger partial charge on any atom is 0.357 e. The second-order valence-corrected chi connectivity index (χ2v) is 6.12. The second kappa shape index (κ2) is 9.24. The third-order valence-electron chi connectivity index (χ3n) is 3.90. The number of nitrogens with one attached hydrogen (secondary N) is 3. The smallest absolute Gasteiger partial charge is 0.357 e. The largest absolute Gasteiger partial charge is 0.489 e. The van der Waals surface area contributed by atoms with Crippen molar-refractivity contribution in [3.63, 3.8) is 0 Å². The van der Waals surface area contributed by atoms with Crippen LogP contribution in [-0.4, -0.2) is 28.5 Å². The Morgan fingerprint density at radius 3 is 2.37 bits per heavy atom. The topological polar surface area (TPSA) is 156 Å². The third-order valence-corrected chi connectivity index (χ3v) is 3.90. The van der Waals surface area contributed by atoms with Crippen molar-refractivity contribution in [1.29, 1.82) is 0 Å². The van der Waals surface area contributed by atoms with E-state index in [0.29, 0.717) is 18.0 Å². The second-order valence-electron chi connectivity index (χ2n) is 6.12. The van der Waals surface area contributed by atoms with Crippen molar-refractivity contribution in [2.75, 3.05) is 17.7 Å². The van der Waals surface area contributed by atoms with Crippen molar-refractivity contribution in [3.8, 4) is 5.75 Å². The fourth-order valence-electron chi connectivity index (χ4n) is 2.43. The lowest BCUT2D eigenvalue weighted by atomic mass is 10.2. The number of H-pyrrole nitrogens is 2. The number of amides is 1. The van der Waals surface area contributed by atoms with Gasteiger partial charge < -0.3 is 20.5 Å². The van der Waals surface area contributed by atoms with E-state index in [1.54, 1.807) is 24.3 Å². The Labute approximate surface area is 169 Å². The number of ether oxygens (including phenoxy) is 2. The molecule has 5 N–H and O–H groups in total. The van der Waals surface area contributed by atoms with E-state index in [1.807, 2.05) is 35.3 Å². The van der Waals surface area contributed by atoms with Crippen LogP contribution < -0.4 is 27.0 Å². The highest BCUT2D eigenvalue weighted by Gasteiger charge is 2.17. The van der Waals surface area contributed by atoms with Gasteiger partial charge in [0.05, 0.1) is 0 Å². The first-order chi connectivity index (χ1) is 14.4. The summed E-state index contributed by atoms with van der Waals surface area (Å²) in [5, 5.41) is 2.54. The molecule has 0 radical (unpaired) electrons. The average Bonchev–Trinajstić information content (AvgIpc) is 2.75. The molecule has 1 amide bonds. The highest BCUT2D eigenvalue weighted by atomic mass is 16.5. The van der Waals surface area contributed by atoms with Crippen LogP contribution in [0.15, 0.2) is 64.2 Å². The highest BCUT2D eigenvalue weighted by molar-refractivity contribution is 5.96. The van der Waals surface area contributed by atoms with Gasteiger partial charge in [-0.05, 0) is 29.8 Å². The first-order valence-corrected chi connectivity index (χ1v) is 8.78. The number of carbonyl (C=O) groups excluding carboxylic acids is 2. The summed E-state index contributed by atoms with van der Waals surface area (Å²) in [4.78, 5) is 50.5. The Balaban J connectivity index is 1.51. The fourth-order valence-corrected chi connectivity index (χ4v) is 2.43. The van der Waals surface area contributed by atoms with Crippen LogP contribution in [0.4, 0.5) is 11.4 Å². The van der Waals surface area contributed by atoms with Crippen LogP contribution >= 0.6 is 0 Å². The number of aromatic amines is 2. The Hall–Kier alpha value is -4.34. The van der Waals surface area contributed by atoms with E-state index in [9.17, 15) is 19.2 Å². The van der Waals surface area contributed by atoms with Crippen molar-refractivity contribution < 1.29 is 19.1 Å². The zero-order chi connectivity index (χ0) is 21.5. The fraction of sp³-hybridized carbons (Fsp3) is 0.100. The lowest BCUT2D eigenvalue weighted by molar-refractivity contribution is -0.119. The van der Waals surface area contributed by atoms with Crippen molar-refractivity contribution in [1.82, 2.24) is 9.97 Å². The molecule has 10 nitrogen and oxygen atoms in total. The van der Waals surface area contributed by atoms with Crippen LogP contribution in [0.1, 0.15) is 16.1 Å². The molecule has 0 saturated heterocycles. The average molecular weight is 410 g/mol. The number of benzene rings is 2. The molecule has 0 fully saturated rings. The zero-order valence-electron chi connectivity index (χ0n) is 15.6. The molecule has 1 aromatic heterocycles. The summed E-state index contributed by atoms with van der Waals surface area (Å²) in [7, 11) is 0. The number of nitrogens with two attached hydrogens (primary N) is 1. The van der Waals surface area contributed by atoms with E-state index in [2.05, 4.69) is 10.3 Å². The van der Waals surface area contributed by atoms with Gasteiger partial charge in [0.15, 0.2) is 12.3 Å². The molecule has 2 aromatic carbocycles. The standard InChI is InChI=1S/C20H18N4O6/c21-16-17(23-20(28)24-18(16)26)19(27)30-11-15(25)22-13-6-8-14(9-7-13)29-10-12-4-2-1-3-5-12/h1-9H,10-11,21H2,(H,22,25)(H2,23,24,26,28). The molecule has 0 bridgehead atoms. The zero-order valence-corrected chi connectivity index (χ0v) is 15.6. The van der Waals surface area contributed by atoms with Gasteiger partial charge in [0, 0.05) is 5.69 Å². The maximum absolute atomic E-state index is 12.0. The van der Waals surface area contributed by atoms with Gasteiger partial charge in [0.25, 0.3) is 11.5 Å². The van der Waals surface area contributed by atoms with Crippen LogP contribution in [0.3, 0.4) is 0 Å². The van der Waals surface area contributed by atoms with Gasteiger partial charge in [-0.1, -0.05) is 30.3 Å². The summed E-state index contributed by atoms with van der Waals surface area (Å²) in [6.45, 7) is -0.227. The summed E-state index contributed by atoms with van der Waals surface area (Å²) in [6.07, 6.45) is 0. The van der Waals surface area contributed by atoms with Gasteiger partial charge in [-0.2, -0.15) is 0 Å². The number of carbonyl (C=O) groups is 2. The molecule has 0 atom stereocenters.